The molecule has 0 saturated heterocycles. The van der Waals surface area contributed by atoms with Crippen molar-refractivity contribution in [2.24, 2.45) is 0 Å². The summed E-state index contributed by atoms with van der Waals surface area (Å²) in [6.45, 7) is 14.0. The number of hydrogen-bond donors (Lipinski definition) is 0. The number of aromatic nitrogens is 14. The third-order valence-electron chi connectivity index (χ3n) is 13.7. The van der Waals surface area contributed by atoms with Crippen molar-refractivity contribution in [2.45, 2.75) is 67.7 Å². The van der Waals surface area contributed by atoms with Crippen molar-refractivity contribution >= 4 is 43.6 Å². The molecule has 6 aromatic carbocycles. The van der Waals surface area contributed by atoms with Crippen LogP contribution >= 0.6 is 0 Å². The molecule has 0 saturated carbocycles. The molecule has 0 unspecified atom stereocenters. The topological polar surface area (TPSA) is 188 Å². The van der Waals surface area contributed by atoms with E-state index in [4.69, 9.17) is 0 Å². The Hall–Kier alpha value is -9.97. The van der Waals surface area contributed by atoms with Gasteiger partial charge in [-0.2, -0.15) is 31.6 Å². The molecule has 12 aromatic rings. The number of rotatable bonds is 7. The zero-order valence-corrected chi connectivity index (χ0v) is 43.8. The van der Waals surface area contributed by atoms with E-state index in [0.717, 1.165) is 0 Å². The molecule has 0 aliphatic rings. The summed E-state index contributed by atoms with van der Waals surface area (Å²) in [5.74, 6) is 5.43. The van der Waals surface area contributed by atoms with E-state index in [1.54, 1.807) is 84.2 Å². The minimum Gasteiger partial charge on any atom is -0.307 e. The van der Waals surface area contributed by atoms with Gasteiger partial charge in [-0.05, 0) is 152 Å². The van der Waals surface area contributed by atoms with Gasteiger partial charge in [-0.1, -0.05) is 6.07 Å². The van der Waals surface area contributed by atoms with Crippen LogP contribution < -0.4 is 0 Å². The first kappa shape index (κ1) is 50.8. The predicted octanol–water partition coefficient (Wildman–Crippen LogP) is 13.3. The van der Waals surface area contributed by atoms with E-state index in [9.17, 15) is 5.26 Å². The Labute approximate surface area is 450 Å². The first-order valence-corrected chi connectivity index (χ1v) is 24.9. The van der Waals surface area contributed by atoms with Crippen LogP contribution in [0.4, 0.5) is 26.3 Å². The Morgan fingerprint density at radius 2 is 0.637 bits per heavy atom. The average Bonchev–Trinajstić information content (AvgIpc) is 2.95. The van der Waals surface area contributed by atoms with Gasteiger partial charge in [0, 0.05) is 54.9 Å². The fourth-order valence-electron chi connectivity index (χ4n) is 10.7. The van der Waals surface area contributed by atoms with Crippen LogP contribution in [-0.4, -0.2) is 68.9 Å². The predicted molar refractivity (Wildman–Crippen MR) is 288 cm³/mol. The van der Waals surface area contributed by atoms with Gasteiger partial charge in [0.05, 0.1) is 56.2 Å². The van der Waals surface area contributed by atoms with Crippen molar-refractivity contribution in [2.75, 3.05) is 0 Å². The molecule has 0 bridgehead atoms. The number of hydrogen-bond acceptors (Lipinski definition) is 13. The number of alkyl halides is 6. The van der Waals surface area contributed by atoms with Gasteiger partial charge in [-0.15, -0.1) is 0 Å². The maximum absolute atomic E-state index is 15.3. The third kappa shape index (κ3) is 8.83. The molecule has 0 atom stereocenters. The fraction of sp³-hybridized carbons (Fsp3) is 0.169. The van der Waals surface area contributed by atoms with Crippen LogP contribution in [0.25, 0.3) is 112 Å². The first-order valence-electron chi connectivity index (χ1n) is 24.9. The molecule has 0 aliphatic heterocycles. The van der Waals surface area contributed by atoms with E-state index in [0.29, 0.717) is 154 Å². The highest BCUT2D eigenvalue weighted by Crippen LogP contribution is 2.49. The Morgan fingerprint density at radius 1 is 0.362 bits per heavy atom. The van der Waals surface area contributed by atoms with E-state index in [1.807, 2.05) is 59.2 Å². The van der Waals surface area contributed by atoms with Gasteiger partial charge in [-0.3, -0.25) is 0 Å². The molecule has 0 aliphatic carbocycles. The van der Waals surface area contributed by atoms with Gasteiger partial charge in [0.2, 0.25) is 0 Å². The molecule has 394 valence electrons. The van der Waals surface area contributed by atoms with Crippen LogP contribution in [-0.2, 0) is 12.4 Å². The molecule has 6 heterocycles. The van der Waals surface area contributed by atoms with Crippen LogP contribution in [0.1, 0.15) is 63.3 Å². The van der Waals surface area contributed by atoms with E-state index in [1.165, 1.54) is 12.1 Å². The number of benzene rings is 6. The maximum Gasteiger partial charge on any atom is 0.417 e. The lowest BCUT2D eigenvalue weighted by atomic mass is 9.89. The minimum absolute atomic E-state index is 0.114. The summed E-state index contributed by atoms with van der Waals surface area (Å²) in [7, 11) is 0. The molecular weight excluding hydrogens is 1030 g/mol. The van der Waals surface area contributed by atoms with Gasteiger partial charge < -0.3 is 9.13 Å². The van der Waals surface area contributed by atoms with Crippen LogP contribution in [0.15, 0.2) is 103 Å². The molecule has 0 fully saturated rings. The number of nitrogens with zero attached hydrogens (tertiary/aromatic N) is 15. The van der Waals surface area contributed by atoms with E-state index in [-0.39, 0.29) is 11.4 Å². The van der Waals surface area contributed by atoms with Crippen molar-refractivity contribution in [3.8, 4) is 74.1 Å². The Bertz CT molecular complexity index is 4320. The Kier molecular flexibility index (Phi) is 11.8. The molecule has 0 N–H and O–H groups in total. The monoisotopic (exact) mass is 1070 g/mol. The van der Waals surface area contributed by atoms with Gasteiger partial charge in [0.25, 0.3) is 0 Å². The third-order valence-corrected chi connectivity index (χ3v) is 13.7. The molecule has 0 amide bonds. The van der Waals surface area contributed by atoms with E-state index < -0.39 is 40.2 Å². The van der Waals surface area contributed by atoms with E-state index in [2.05, 4.69) is 59.8 Å². The molecule has 15 nitrogen and oxygen atoms in total. The van der Waals surface area contributed by atoms with Crippen LogP contribution in [0.2, 0.25) is 0 Å². The fourth-order valence-corrected chi connectivity index (χ4v) is 10.7. The van der Waals surface area contributed by atoms with Gasteiger partial charge in [0.1, 0.15) is 46.6 Å². The SMILES string of the molecule is Cc1nc(C)nc(-c2ccc3c(c2)c2cc(-c4nc(C)nc(C)n4)ccc2n3-c2cc(C#N)c(-c3c(C(F)(F)F)cccc3C(F)(F)F)cc2-n2c3ccc(-c4nc(C)nc(C)n4)cc3c3cc(-c4nc(C)nc(C)n4)ccc32)n1. The quantitative estimate of drug-likeness (QED) is 0.137. The molecule has 12 rings (SSSR count). The number of aryl methyl sites for hydroxylation is 8. The van der Waals surface area contributed by atoms with Crippen LogP contribution in [0.5, 0.6) is 0 Å². The number of halogens is 6. The smallest absolute Gasteiger partial charge is 0.307 e. The number of nitriles is 1. The Balaban J connectivity index is 1.25. The highest BCUT2D eigenvalue weighted by atomic mass is 19.4. The lowest BCUT2D eigenvalue weighted by Gasteiger charge is -2.23. The van der Waals surface area contributed by atoms with E-state index >= 15 is 26.3 Å². The summed E-state index contributed by atoms with van der Waals surface area (Å²) < 4.78 is 95.6. The van der Waals surface area contributed by atoms with Crippen molar-refractivity contribution < 1.29 is 26.3 Å². The summed E-state index contributed by atoms with van der Waals surface area (Å²) in [4.78, 5) is 54.6. The lowest BCUT2D eigenvalue weighted by molar-refractivity contribution is -0.142. The second-order valence-corrected chi connectivity index (χ2v) is 19.3. The van der Waals surface area contributed by atoms with Crippen molar-refractivity contribution in [3.63, 3.8) is 0 Å². The Morgan fingerprint density at radius 3 is 0.900 bits per heavy atom. The summed E-state index contributed by atoms with van der Waals surface area (Å²) in [5.41, 5.74) is -0.590. The molecule has 0 spiro atoms. The number of fused-ring (bicyclic) bond motifs is 6. The molecule has 0 radical (unpaired) electrons. The molecule has 6 aromatic heterocycles. The summed E-state index contributed by atoms with van der Waals surface area (Å²) in [6, 6.07) is 28.5. The van der Waals surface area contributed by atoms with Gasteiger partial charge >= 0.3 is 12.4 Å². The lowest BCUT2D eigenvalue weighted by Crippen LogP contribution is -2.15. The highest BCUT2D eigenvalue weighted by molar-refractivity contribution is 6.14. The molecular formula is C59H41F6N15. The molecule has 21 heteroatoms. The normalized spacial score (nSPS) is 12.1. The zero-order valence-electron chi connectivity index (χ0n) is 43.8. The van der Waals surface area contributed by atoms with Crippen LogP contribution in [0, 0.1) is 66.7 Å². The first-order chi connectivity index (χ1) is 38.1. The minimum atomic E-state index is -5.28. The van der Waals surface area contributed by atoms with Crippen molar-refractivity contribution in [1.29, 1.82) is 5.26 Å². The summed E-state index contributed by atoms with van der Waals surface area (Å²) in [6.07, 6.45) is -10.6. The zero-order chi connectivity index (χ0) is 56.3. The van der Waals surface area contributed by atoms with Crippen molar-refractivity contribution in [1.82, 2.24) is 68.9 Å². The maximum atomic E-state index is 15.3. The largest absolute Gasteiger partial charge is 0.417 e. The molecule has 80 heavy (non-hydrogen) atoms. The van der Waals surface area contributed by atoms with Gasteiger partial charge in [0.15, 0.2) is 23.3 Å². The van der Waals surface area contributed by atoms with Crippen LogP contribution in [0.3, 0.4) is 0 Å². The summed E-state index contributed by atoms with van der Waals surface area (Å²) >= 11 is 0. The second-order valence-electron chi connectivity index (χ2n) is 19.3. The summed E-state index contributed by atoms with van der Waals surface area (Å²) in [5, 5.41) is 13.6. The standard InChI is InChI=1S/C59H41F6N15/c1-27-67-28(2)72-54(71-27)35-12-16-47-41(20-35)42-21-36(55-73-29(3)68-30(4)74-55)13-17-48(42)79(47)51-24-39(26-66)40(53-45(58(60,61)62)10-9-11-46(53)59(63,64)65)25-52(51)80-49-18-14-37(56-75-31(5)69-32(6)76-56)22-43(49)44-23-38(15-19-50(44)80)57-77-33(7)70-34(8)78-57/h9-25H,1-8H3. The second kappa shape index (κ2) is 18.6. The van der Waals surface area contributed by atoms with Crippen molar-refractivity contribution in [3.05, 3.63) is 166 Å². The average molecular weight is 1070 g/mol. The highest BCUT2D eigenvalue weighted by Gasteiger charge is 2.42. The van der Waals surface area contributed by atoms with Gasteiger partial charge in [-0.25, -0.2) is 59.8 Å².